The maximum absolute atomic E-state index is 12.3. The van der Waals surface area contributed by atoms with Crippen LogP contribution in [-0.4, -0.2) is 18.1 Å². The van der Waals surface area contributed by atoms with Gasteiger partial charge in [-0.2, -0.15) is 0 Å². The third-order valence-corrected chi connectivity index (χ3v) is 5.02. The van der Waals surface area contributed by atoms with Crippen molar-refractivity contribution in [3.63, 3.8) is 0 Å². The molecule has 0 N–H and O–H groups in total. The molecule has 0 fully saturated rings. The third kappa shape index (κ3) is 3.65. The smallest absolute Gasteiger partial charge is 0.351 e. The first-order chi connectivity index (χ1) is 13.6. The highest BCUT2D eigenvalue weighted by Crippen LogP contribution is 2.27. The monoisotopic (exact) mass is 393 g/mol. The summed E-state index contributed by atoms with van der Waals surface area (Å²) in [5.74, 6) is -0.000796. The molecule has 140 valence electrons. The summed E-state index contributed by atoms with van der Waals surface area (Å²) in [6.45, 7) is -0.0361. The van der Waals surface area contributed by atoms with Crippen molar-refractivity contribution in [2.24, 2.45) is 0 Å². The lowest BCUT2D eigenvalue weighted by Crippen LogP contribution is -2.16. The molecule has 0 atom stereocenters. The minimum atomic E-state index is -0.740. The zero-order valence-electron chi connectivity index (χ0n) is 14.9. The number of nitrogens with zero attached hydrogens (tertiary/aromatic N) is 1. The van der Waals surface area contributed by atoms with Crippen LogP contribution in [0.2, 0.25) is 0 Å². The van der Waals surface area contributed by atoms with Gasteiger partial charge in [0.25, 0.3) is 0 Å². The molecule has 4 rings (SSSR count). The van der Waals surface area contributed by atoms with Gasteiger partial charge < -0.3 is 13.9 Å². The first-order valence-electron chi connectivity index (χ1n) is 8.43. The molecule has 0 aliphatic rings. The predicted octanol–water partition coefficient (Wildman–Crippen LogP) is 4.28. The number of methoxy groups -OCH3 is 1. The molecule has 0 aliphatic heterocycles. The fraction of sp³-hybridized carbons (Fsp3) is 0.0952. The summed E-state index contributed by atoms with van der Waals surface area (Å²) >= 11 is 1.44. The molecule has 0 unspecified atom stereocenters. The molecular weight excluding hydrogens is 378 g/mol. The quantitative estimate of drug-likeness (QED) is 0.372. The summed E-state index contributed by atoms with van der Waals surface area (Å²) in [6.07, 6.45) is 0. The Morgan fingerprint density at radius 2 is 2.00 bits per heavy atom. The van der Waals surface area contributed by atoms with Crippen LogP contribution in [0.3, 0.4) is 0 Å². The lowest BCUT2D eigenvalue weighted by atomic mass is 10.2. The molecule has 0 spiro atoms. The number of thiazole rings is 1. The summed E-state index contributed by atoms with van der Waals surface area (Å²) in [4.78, 5) is 28.8. The second-order valence-corrected chi connectivity index (χ2v) is 6.80. The molecule has 0 saturated heterocycles. The van der Waals surface area contributed by atoms with Gasteiger partial charge in [-0.3, -0.25) is 0 Å². The maximum Gasteiger partial charge on any atom is 0.351 e. The molecule has 0 aliphatic carbocycles. The topological polar surface area (TPSA) is 78.6 Å². The lowest BCUT2D eigenvalue weighted by molar-refractivity contribution is 0.0464. The molecule has 0 radical (unpaired) electrons. The van der Waals surface area contributed by atoms with Gasteiger partial charge in [0.05, 0.1) is 12.8 Å². The van der Waals surface area contributed by atoms with Gasteiger partial charge in [0.2, 0.25) is 0 Å². The summed E-state index contributed by atoms with van der Waals surface area (Å²) in [6, 6.07) is 16.0. The van der Waals surface area contributed by atoms with Gasteiger partial charge in [0, 0.05) is 16.3 Å². The van der Waals surface area contributed by atoms with E-state index in [-0.39, 0.29) is 12.2 Å². The number of aromatic nitrogens is 1. The predicted molar refractivity (Wildman–Crippen MR) is 106 cm³/mol. The molecule has 28 heavy (non-hydrogen) atoms. The standard InChI is InChI=1S/C21H15NO5S/c1-25-16-7-4-6-14(9-16)19-22-15(12-28-19)11-26-20(23)17-10-13-5-2-3-8-18(13)27-21(17)24/h2-10,12H,11H2,1H3. The number of hydrogen-bond donors (Lipinski definition) is 0. The van der Waals surface area contributed by atoms with Crippen molar-refractivity contribution >= 4 is 28.3 Å². The van der Waals surface area contributed by atoms with Crippen LogP contribution in [0.25, 0.3) is 21.5 Å². The number of esters is 1. The SMILES string of the molecule is COc1cccc(-c2nc(COC(=O)c3cc4ccccc4oc3=O)cs2)c1. The molecule has 4 aromatic rings. The lowest BCUT2D eigenvalue weighted by Gasteiger charge is -2.03. The van der Waals surface area contributed by atoms with E-state index in [0.717, 1.165) is 16.3 Å². The Morgan fingerprint density at radius 3 is 2.86 bits per heavy atom. The number of fused-ring (bicyclic) bond motifs is 1. The number of hydrogen-bond acceptors (Lipinski definition) is 7. The highest BCUT2D eigenvalue weighted by molar-refractivity contribution is 7.13. The normalized spacial score (nSPS) is 10.8. The summed E-state index contributed by atoms with van der Waals surface area (Å²) < 4.78 is 15.6. The van der Waals surface area contributed by atoms with Gasteiger partial charge in [-0.1, -0.05) is 30.3 Å². The maximum atomic E-state index is 12.3. The van der Waals surface area contributed by atoms with Gasteiger partial charge in [0.15, 0.2) is 0 Å². The van der Waals surface area contributed by atoms with E-state index < -0.39 is 11.6 Å². The largest absolute Gasteiger partial charge is 0.497 e. The van der Waals surface area contributed by atoms with Crippen LogP contribution >= 0.6 is 11.3 Å². The molecule has 0 saturated carbocycles. The first kappa shape index (κ1) is 17.9. The zero-order chi connectivity index (χ0) is 19.5. The zero-order valence-corrected chi connectivity index (χ0v) is 15.7. The molecule has 6 nitrogen and oxygen atoms in total. The van der Waals surface area contributed by atoms with Crippen LogP contribution < -0.4 is 10.4 Å². The van der Waals surface area contributed by atoms with Crippen LogP contribution in [0.4, 0.5) is 0 Å². The van der Waals surface area contributed by atoms with E-state index in [9.17, 15) is 9.59 Å². The van der Waals surface area contributed by atoms with Crippen molar-refractivity contribution < 1.29 is 18.7 Å². The van der Waals surface area contributed by atoms with Gasteiger partial charge in [-0.05, 0) is 24.3 Å². The van der Waals surface area contributed by atoms with Crippen LogP contribution in [0.1, 0.15) is 16.1 Å². The van der Waals surface area contributed by atoms with E-state index >= 15 is 0 Å². The average Bonchev–Trinajstić information content (AvgIpc) is 3.20. The van der Waals surface area contributed by atoms with Crippen LogP contribution in [-0.2, 0) is 11.3 Å². The van der Waals surface area contributed by atoms with Crippen molar-refractivity contribution in [1.29, 1.82) is 0 Å². The van der Waals surface area contributed by atoms with E-state index in [1.165, 1.54) is 17.4 Å². The number of carbonyl (C=O) groups excluding carboxylic acids is 1. The first-order valence-corrected chi connectivity index (χ1v) is 9.31. The summed E-state index contributed by atoms with van der Waals surface area (Å²) in [7, 11) is 1.61. The van der Waals surface area contributed by atoms with E-state index in [2.05, 4.69) is 4.98 Å². The van der Waals surface area contributed by atoms with Crippen LogP contribution in [0, 0.1) is 0 Å². The van der Waals surface area contributed by atoms with Crippen molar-refractivity contribution in [2.75, 3.05) is 7.11 Å². The number of para-hydroxylation sites is 1. The Bertz CT molecular complexity index is 1210. The molecule has 0 bridgehead atoms. The van der Waals surface area contributed by atoms with Gasteiger partial charge in [-0.15, -0.1) is 11.3 Å². The molecular formula is C21H15NO5S. The number of carbonyl (C=O) groups is 1. The van der Waals surface area contributed by atoms with Crippen molar-refractivity contribution in [2.45, 2.75) is 6.61 Å². The number of benzene rings is 2. The Hall–Kier alpha value is -3.45. The molecule has 2 heterocycles. The van der Waals surface area contributed by atoms with Gasteiger partial charge >= 0.3 is 11.6 Å². The Kier molecular flexibility index (Phi) is 4.90. The summed E-state index contributed by atoms with van der Waals surface area (Å²) in [5.41, 5.74) is 1.07. The second-order valence-electron chi connectivity index (χ2n) is 5.94. The average molecular weight is 393 g/mol. The van der Waals surface area contributed by atoms with Crippen LogP contribution in [0.15, 0.2) is 69.2 Å². The van der Waals surface area contributed by atoms with Crippen molar-refractivity contribution in [3.8, 4) is 16.3 Å². The molecule has 7 heteroatoms. The van der Waals surface area contributed by atoms with Gasteiger partial charge in [-0.25, -0.2) is 14.6 Å². The Labute approximate surface area is 164 Å². The summed E-state index contributed by atoms with van der Waals surface area (Å²) in [5, 5.41) is 3.25. The van der Waals surface area contributed by atoms with Crippen molar-refractivity contribution in [3.05, 3.63) is 81.7 Å². The minimum Gasteiger partial charge on any atom is -0.497 e. The van der Waals surface area contributed by atoms with Crippen molar-refractivity contribution in [1.82, 2.24) is 4.98 Å². The van der Waals surface area contributed by atoms with E-state index in [0.29, 0.717) is 16.7 Å². The fourth-order valence-electron chi connectivity index (χ4n) is 2.68. The molecule has 0 amide bonds. The second kappa shape index (κ2) is 7.66. The minimum absolute atomic E-state index is 0.0361. The highest BCUT2D eigenvalue weighted by Gasteiger charge is 2.16. The van der Waals surface area contributed by atoms with E-state index in [4.69, 9.17) is 13.9 Å². The van der Waals surface area contributed by atoms with Gasteiger partial charge in [0.1, 0.15) is 28.5 Å². The highest BCUT2D eigenvalue weighted by atomic mass is 32.1. The van der Waals surface area contributed by atoms with Crippen LogP contribution in [0.5, 0.6) is 5.75 Å². The number of rotatable bonds is 5. The Balaban J connectivity index is 1.49. The Morgan fingerprint density at radius 1 is 1.14 bits per heavy atom. The number of ether oxygens (including phenoxy) is 2. The molecule has 2 aromatic heterocycles. The third-order valence-electron chi connectivity index (χ3n) is 4.08. The fourth-order valence-corrected chi connectivity index (χ4v) is 3.48. The van der Waals surface area contributed by atoms with E-state index in [1.807, 2.05) is 29.6 Å². The molecule has 2 aromatic carbocycles. The van der Waals surface area contributed by atoms with E-state index in [1.54, 1.807) is 31.4 Å².